The van der Waals surface area contributed by atoms with Crippen molar-refractivity contribution in [3.8, 4) is 0 Å². The van der Waals surface area contributed by atoms with Gasteiger partial charge in [-0.15, -0.1) is 0 Å². The van der Waals surface area contributed by atoms with Gasteiger partial charge >= 0.3 is 5.97 Å². The molecular formula is C10H9Cl2N3O2. The zero-order chi connectivity index (χ0) is 12.7. The molecule has 0 atom stereocenters. The summed E-state index contributed by atoms with van der Waals surface area (Å²) in [4.78, 5) is 14.9. The molecule has 17 heavy (non-hydrogen) atoms. The monoisotopic (exact) mass is 273 g/mol. The fraction of sp³-hybridized carbons (Fsp3) is 0.300. The van der Waals surface area contributed by atoms with Gasteiger partial charge in [-0.05, 0) is 5.92 Å². The zero-order valence-electron chi connectivity index (χ0n) is 9.11. The molecule has 2 aromatic heterocycles. The average Bonchev–Trinajstić information content (AvgIpc) is 2.60. The van der Waals surface area contributed by atoms with E-state index in [2.05, 4.69) is 10.1 Å². The van der Waals surface area contributed by atoms with Crippen molar-refractivity contribution in [3.05, 3.63) is 27.6 Å². The fourth-order valence-electron chi connectivity index (χ4n) is 1.54. The Labute approximate surface area is 107 Å². The predicted octanol–water partition coefficient (Wildman–Crippen LogP) is 2.86. The molecule has 0 saturated heterocycles. The molecule has 0 aliphatic heterocycles. The van der Waals surface area contributed by atoms with E-state index < -0.39 is 5.97 Å². The van der Waals surface area contributed by atoms with Crippen molar-refractivity contribution in [1.29, 1.82) is 0 Å². The molecule has 0 fully saturated rings. The number of carbonyl (C=O) groups is 1. The number of carboxylic acid groups (broad SMARTS) is 1. The molecular weight excluding hydrogens is 265 g/mol. The summed E-state index contributed by atoms with van der Waals surface area (Å²) in [6.45, 7) is 3.84. The fourth-order valence-corrected chi connectivity index (χ4v) is 2.41. The Kier molecular flexibility index (Phi) is 2.97. The first-order valence-corrected chi connectivity index (χ1v) is 5.65. The second-order valence-electron chi connectivity index (χ2n) is 3.87. The minimum atomic E-state index is -1.13. The highest BCUT2D eigenvalue weighted by Gasteiger charge is 2.18. The van der Waals surface area contributed by atoms with Crippen LogP contribution in [0.5, 0.6) is 0 Å². The highest BCUT2D eigenvalue weighted by Crippen LogP contribution is 2.30. The van der Waals surface area contributed by atoms with E-state index in [0.717, 1.165) is 0 Å². The van der Waals surface area contributed by atoms with Crippen molar-refractivity contribution in [2.75, 3.05) is 0 Å². The van der Waals surface area contributed by atoms with Gasteiger partial charge in [-0.25, -0.2) is 14.3 Å². The number of hydrogen-bond donors (Lipinski definition) is 1. The summed E-state index contributed by atoms with van der Waals surface area (Å²) in [5, 5.41) is 13.3. The Morgan fingerprint density at radius 3 is 2.65 bits per heavy atom. The van der Waals surface area contributed by atoms with Crippen molar-refractivity contribution in [2.45, 2.75) is 19.8 Å². The number of carboxylic acids is 1. The van der Waals surface area contributed by atoms with Gasteiger partial charge in [0.25, 0.3) is 0 Å². The lowest BCUT2D eigenvalue weighted by Gasteiger charge is -2.10. The molecule has 2 heterocycles. The molecule has 1 N–H and O–H groups in total. The summed E-state index contributed by atoms with van der Waals surface area (Å²) in [6.07, 6.45) is 0. The third kappa shape index (κ3) is 1.96. The van der Waals surface area contributed by atoms with Gasteiger partial charge in [0.05, 0.1) is 0 Å². The van der Waals surface area contributed by atoms with E-state index in [9.17, 15) is 4.79 Å². The Hall–Kier alpha value is -1.33. The van der Waals surface area contributed by atoms with Crippen LogP contribution in [-0.2, 0) is 0 Å². The van der Waals surface area contributed by atoms with E-state index in [1.807, 2.05) is 13.8 Å². The van der Waals surface area contributed by atoms with Gasteiger partial charge in [-0.2, -0.15) is 5.10 Å². The molecule has 7 heteroatoms. The summed E-state index contributed by atoms with van der Waals surface area (Å²) in [5.74, 6) is -1.06. The highest BCUT2D eigenvalue weighted by atomic mass is 35.5. The molecule has 90 valence electrons. The summed E-state index contributed by atoms with van der Waals surface area (Å²) in [6, 6.07) is 1.32. The van der Waals surface area contributed by atoms with Gasteiger partial charge in [-0.3, -0.25) is 0 Å². The van der Waals surface area contributed by atoms with E-state index in [0.29, 0.717) is 16.4 Å². The lowest BCUT2D eigenvalue weighted by atomic mass is 10.1. The Balaban J connectivity index is 2.78. The zero-order valence-corrected chi connectivity index (χ0v) is 10.6. The van der Waals surface area contributed by atoms with Gasteiger partial charge in [0, 0.05) is 11.6 Å². The molecule has 2 rings (SSSR count). The molecule has 0 bridgehead atoms. The Morgan fingerprint density at radius 2 is 2.12 bits per heavy atom. The third-order valence-corrected chi connectivity index (χ3v) is 2.98. The van der Waals surface area contributed by atoms with Crippen LogP contribution in [0.15, 0.2) is 6.07 Å². The number of aromatic nitrogens is 3. The molecule has 2 aromatic rings. The lowest BCUT2D eigenvalue weighted by Crippen LogP contribution is -2.02. The third-order valence-electron chi connectivity index (χ3n) is 2.33. The maximum Gasteiger partial charge on any atom is 0.356 e. The average molecular weight is 274 g/mol. The maximum atomic E-state index is 10.8. The van der Waals surface area contributed by atoms with E-state index in [1.54, 1.807) is 0 Å². The SMILES string of the molecule is CC(C)c1c(Cl)nc2cc(C(=O)O)nn2c1Cl. The predicted molar refractivity (Wildman–Crippen MR) is 64.1 cm³/mol. The van der Waals surface area contributed by atoms with E-state index in [-0.39, 0.29) is 16.8 Å². The molecule has 5 nitrogen and oxygen atoms in total. The standard InChI is InChI=1S/C10H9Cl2N3O2/c1-4(2)7-8(11)13-6-3-5(10(16)17)14-15(6)9(7)12/h3-4H,1-2H3,(H,16,17). The number of aromatic carboxylic acids is 1. The molecule has 0 spiro atoms. The van der Waals surface area contributed by atoms with Crippen LogP contribution in [0.3, 0.4) is 0 Å². The van der Waals surface area contributed by atoms with Crippen LogP contribution in [0, 0.1) is 0 Å². The molecule has 0 amide bonds. The van der Waals surface area contributed by atoms with E-state index in [4.69, 9.17) is 28.3 Å². The quantitative estimate of drug-likeness (QED) is 0.855. The first kappa shape index (κ1) is 12.1. The Morgan fingerprint density at radius 1 is 1.47 bits per heavy atom. The topological polar surface area (TPSA) is 67.5 Å². The van der Waals surface area contributed by atoms with Gasteiger partial charge in [-0.1, -0.05) is 37.0 Å². The highest BCUT2D eigenvalue weighted by molar-refractivity contribution is 6.35. The number of halogens is 2. The molecule has 0 radical (unpaired) electrons. The molecule has 0 aliphatic rings. The van der Waals surface area contributed by atoms with Crippen LogP contribution in [0.1, 0.15) is 35.8 Å². The first-order valence-electron chi connectivity index (χ1n) is 4.89. The maximum absolute atomic E-state index is 10.8. The van der Waals surface area contributed by atoms with Gasteiger partial charge < -0.3 is 5.11 Å². The molecule has 0 aromatic carbocycles. The van der Waals surface area contributed by atoms with E-state index in [1.165, 1.54) is 10.6 Å². The summed E-state index contributed by atoms with van der Waals surface area (Å²) < 4.78 is 1.28. The molecule has 0 unspecified atom stereocenters. The number of nitrogens with zero attached hydrogens (tertiary/aromatic N) is 3. The van der Waals surface area contributed by atoms with Gasteiger partial charge in [0.2, 0.25) is 0 Å². The van der Waals surface area contributed by atoms with Crippen LogP contribution in [0.2, 0.25) is 10.3 Å². The first-order chi connectivity index (χ1) is 7.91. The number of hydrogen-bond acceptors (Lipinski definition) is 3. The largest absolute Gasteiger partial charge is 0.476 e. The second kappa shape index (κ2) is 4.16. The number of fused-ring (bicyclic) bond motifs is 1. The van der Waals surface area contributed by atoms with Crippen LogP contribution in [0.4, 0.5) is 0 Å². The molecule has 0 saturated carbocycles. The van der Waals surface area contributed by atoms with Crippen molar-refractivity contribution >= 4 is 34.8 Å². The Bertz CT molecular complexity index is 607. The van der Waals surface area contributed by atoms with Crippen LogP contribution >= 0.6 is 23.2 Å². The second-order valence-corrected chi connectivity index (χ2v) is 4.58. The summed E-state index contributed by atoms with van der Waals surface area (Å²) in [7, 11) is 0. The van der Waals surface area contributed by atoms with Crippen LogP contribution in [0.25, 0.3) is 5.65 Å². The normalized spacial score (nSPS) is 11.4. The molecule has 0 aliphatic carbocycles. The van der Waals surface area contributed by atoms with E-state index >= 15 is 0 Å². The van der Waals surface area contributed by atoms with Crippen molar-refractivity contribution in [3.63, 3.8) is 0 Å². The van der Waals surface area contributed by atoms with Crippen molar-refractivity contribution in [1.82, 2.24) is 14.6 Å². The van der Waals surface area contributed by atoms with Gasteiger partial charge in [0.1, 0.15) is 10.3 Å². The van der Waals surface area contributed by atoms with Crippen LogP contribution < -0.4 is 0 Å². The van der Waals surface area contributed by atoms with Crippen molar-refractivity contribution < 1.29 is 9.90 Å². The lowest BCUT2D eigenvalue weighted by molar-refractivity contribution is 0.0690. The van der Waals surface area contributed by atoms with Crippen LogP contribution in [-0.4, -0.2) is 25.7 Å². The smallest absolute Gasteiger partial charge is 0.356 e. The minimum Gasteiger partial charge on any atom is -0.476 e. The summed E-state index contributed by atoms with van der Waals surface area (Å²) in [5.41, 5.74) is 0.860. The number of rotatable bonds is 2. The van der Waals surface area contributed by atoms with Gasteiger partial charge in [0.15, 0.2) is 11.3 Å². The summed E-state index contributed by atoms with van der Waals surface area (Å²) >= 11 is 12.2. The van der Waals surface area contributed by atoms with Crippen molar-refractivity contribution in [2.24, 2.45) is 0 Å². The minimum absolute atomic E-state index is 0.0735.